The minimum Gasteiger partial charge on any atom is -0.394 e. The van der Waals surface area contributed by atoms with Crippen molar-refractivity contribution in [2.75, 3.05) is 6.61 Å². The average Bonchev–Trinajstić information content (AvgIpc) is 2.43. The van der Waals surface area contributed by atoms with Gasteiger partial charge in [0.25, 0.3) is 5.56 Å². The zero-order chi connectivity index (χ0) is 15.6. The predicted molar refractivity (Wildman–Crippen MR) is 73.8 cm³/mol. The first kappa shape index (κ1) is 15.2. The maximum absolute atomic E-state index is 11.8. The van der Waals surface area contributed by atoms with Gasteiger partial charge in [-0.1, -0.05) is 6.08 Å². The number of carbonyl (C=O) groups excluding carboxylic acids is 1. The molecule has 21 heavy (non-hydrogen) atoms. The second kappa shape index (κ2) is 6.06. The number of aromatic nitrogens is 2. The highest BCUT2D eigenvalue weighted by atomic mass is 16.5. The van der Waals surface area contributed by atoms with Gasteiger partial charge in [-0.15, -0.1) is 0 Å². The SMILES string of the molecule is CC(=O)N[C@@H]1C=C[C@@H](n2cc(C)c(=O)[nH]c2=O)O[C@@H]1CO. The molecule has 2 rings (SSSR count). The normalized spacial score (nSPS) is 24.8. The van der Waals surface area contributed by atoms with Crippen LogP contribution in [-0.4, -0.2) is 39.3 Å². The molecule has 3 N–H and O–H groups in total. The molecule has 1 aromatic heterocycles. The Morgan fingerprint density at radius 2 is 2.19 bits per heavy atom. The molecule has 0 bridgehead atoms. The summed E-state index contributed by atoms with van der Waals surface area (Å²) in [6, 6.07) is -0.469. The molecular formula is C13H17N3O5. The van der Waals surface area contributed by atoms with Crippen LogP contribution in [0.15, 0.2) is 27.9 Å². The number of amides is 1. The number of nitrogens with one attached hydrogen (secondary N) is 2. The topological polar surface area (TPSA) is 113 Å². The summed E-state index contributed by atoms with van der Waals surface area (Å²) < 4.78 is 6.82. The number of aryl methyl sites for hydroxylation is 1. The number of nitrogens with zero attached hydrogens (tertiary/aromatic N) is 1. The standard InChI is InChI=1S/C13H17N3O5/c1-7-5-16(13(20)15-12(7)19)11-4-3-9(14-8(2)18)10(6-17)21-11/h3-5,9-11,17H,6H2,1-2H3,(H,14,18)(H,15,19,20)/t9-,10-,11+/m1/s1. The molecule has 0 aliphatic carbocycles. The van der Waals surface area contributed by atoms with E-state index in [2.05, 4.69) is 10.3 Å². The molecule has 8 nitrogen and oxygen atoms in total. The summed E-state index contributed by atoms with van der Waals surface area (Å²) in [5.74, 6) is -0.248. The summed E-state index contributed by atoms with van der Waals surface area (Å²) in [5.41, 5.74) is -0.683. The monoisotopic (exact) mass is 295 g/mol. The number of aliphatic hydroxyl groups is 1. The number of aliphatic hydroxyl groups excluding tert-OH is 1. The quantitative estimate of drug-likeness (QED) is 0.606. The fourth-order valence-corrected chi connectivity index (χ4v) is 2.11. The lowest BCUT2D eigenvalue weighted by Gasteiger charge is -2.32. The van der Waals surface area contributed by atoms with Crippen LogP contribution in [0.5, 0.6) is 0 Å². The van der Waals surface area contributed by atoms with Crippen molar-refractivity contribution in [2.45, 2.75) is 32.2 Å². The van der Waals surface area contributed by atoms with E-state index in [1.165, 1.54) is 17.7 Å². The van der Waals surface area contributed by atoms with Crippen molar-refractivity contribution < 1.29 is 14.6 Å². The van der Waals surface area contributed by atoms with Crippen LogP contribution in [-0.2, 0) is 9.53 Å². The van der Waals surface area contributed by atoms with E-state index >= 15 is 0 Å². The number of aromatic amines is 1. The summed E-state index contributed by atoms with van der Waals surface area (Å²) in [6.45, 7) is 2.62. The lowest BCUT2D eigenvalue weighted by atomic mass is 10.1. The molecular weight excluding hydrogens is 278 g/mol. The van der Waals surface area contributed by atoms with E-state index in [-0.39, 0.29) is 12.5 Å². The first-order valence-corrected chi connectivity index (χ1v) is 6.46. The molecule has 0 saturated heterocycles. The molecule has 1 aliphatic rings. The number of hydrogen-bond donors (Lipinski definition) is 3. The number of H-pyrrole nitrogens is 1. The predicted octanol–water partition coefficient (Wildman–Crippen LogP) is -1.20. The first-order chi connectivity index (χ1) is 9.92. The van der Waals surface area contributed by atoms with Crippen LogP contribution in [0.3, 0.4) is 0 Å². The Kier molecular flexibility index (Phi) is 4.39. The van der Waals surface area contributed by atoms with Crippen LogP contribution in [0.2, 0.25) is 0 Å². The van der Waals surface area contributed by atoms with Gasteiger partial charge in [0, 0.05) is 18.7 Å². The largest absolute Gasteiger partial charge is 0.394 e. The number of carbonyl (C=O) groups is 1. The van der Waals surface area contributed by atoms with Crippen molar-refractivity contribution >= 4 is 5.91 Å². The molecule has 0 unspecified atom stereocenters. The van der Waals surface area contributed by atoms with Crippen LogP contribution >= 0.6 is 0 Å². The van der Waals surface area contributed by atoms with Crippen molar-refractivity contribution in [1.82, 2.24) is 14.9 Å². The molecule has 3 atom stereocenters. The second-order valence-corrected chi connectivity index (χ2v) is 4.84. The van der Waals surface area contributed by atoms with Crippen LogP contribution in [0, 0.1) is 6.92 Å². The summed E-state index contributed by atoms with van der Waals surface area (Å²) in [6.07, 6.45) is 3.21. The van der Waals surface area contributed by atoms with Crippen molar-refractivity contribution in [2.24, 2.45) is 0 Å². The van der Waals surface area contributed by atoms with Crippen molar-refractivity contribution in [3.8, 4) is 0 Å². The van der Waals surface area contributed by atoms with Gasteiger partial charge in [-0.2, -0.15) is 0 Å². The van der Waals surface area contributed by atoms with Gasteiger partial charge in [-0.05, 0) is 13.0 Å². The zero-order valence-corrected chi connectivity index (χ0v) is 11.7. The van der Waals surface area contributed by atoms with E-state index < -0.39 is 29.6 Å². The lowest BCUT2D eigenvalue weighted by molar-refractivity contribution is -0.122. The number of rotatable bonds is 3. The van der Waals surface area contributed by atoms with Gasteiger partial charge >= 0.3 is 5.69 Å². The Morgan fingerprint density at radius 3 is 2.81 bits per heavy atom. The molecule has 1 aromatic rings. The second-order valence-electron chi connectivity index (χ2n) is 4.84. The Balaban J connectivity index is 2.31. The summed E-state index contributed by atoms with van der Waals surface area (Å²) in [5, 5.41) is 12.0. The van der Waals surface area contributed by atoms with E-state index in [1.807, 2.05) is 0 Å². The third-order valence-electron chi connectivity index (χ3n) is 3.17. The Labute approximate surface area is 120 Å². The third-order valence-corrected chi connectivity index (χ3v) is 3.17. The van der Waals surface area contributed by atoms with E-state index in [1.54, 1.807) is 19.1 Å². The summed E-state index contributed by atoms with van der Waals surface area (Å²) in [4.78, 5) is 36.4. The van der Waals surface area contributed by atoms with E-state index in [0.29, 0.717) is 5.56 Å². The molecule has 1 aliphatic heterocycles. The summed E-state index contributed by atoms with van der Waals surface area (Å²) >= 11 is 0. The molecule has 0 aromatic carbocycles. The van der Waals surface area contributed by atoms with Gasteiger partial charge in [-0.25, -0.2) is 4.79 Å². The van der Waals surface area contributed by atoms with Gasteiger partial charge in [0.2, 0.25) is 5.91 Å². The fourth-order valence-electron chi connectivity index (χ4n) is 2.11. The van der Waals surface area contributed by atoms with Gasteiger partial charge < -0.3 is 15.2 Å². The highest BCUT2D eigenvalue weighted by Gasteiger charge is 2.28. The molecule has 0 fully saturated rings. The van der Waals surface area contributed by atoms with Gasteiger partial charge in [0.05, 0.1) is 12.6 Å². The molecule has 8 heteroatoms. The van der Waals surface area contributed by atoms with E-state index in [9.17, 15) is 19.5 Å². The van der Waals surface area contributed by atoms with Crippen LogP contribution < -0.4 is 16.6 Å². The van der Waals surface area contributed by atoms with Gasteiger partial charge in [0.15, 0.2) is 6.23 Å². The van der Waals surface area contributed by atoms with Crippen molar-refractivity contribution in [1.29, 1.82) is 0 Å². The highest BCUT2D eigenvalue weighted by molar-refractivity contribution is 5.73. The molecule has 114 valence electrons. The van der Waals surface area contributed by atoms with Crippen molar-refractivity contribution in [3.05, 3.63) is 44.8 Å². The third kappa shape index (κ3) is 3.29. The molecule has 0 radical (unpaired) electrons. The van der Waals surface area contributed by atoms with Crippen LogP contribution in [0.1, 0.15) is 18.7 Å². The lowest BCUT2D eigenvalue weighted by Crippen LogP contribution is -2.48. The fraction of sp³-hybridized carbons (Fsp3) is 0.462. The van der Waals surface area contributed by atoms with Crippen LogP contribution in [0.25, 0.3) is 0 Å². The number of hydrogen-bond acceptors (Lipinski definition) is 5. The van der Waals surface area contributed by atoms with Crippen LogP contribution in [0.4, 0.5) is 0 Å². The Bertz CT molecular complexity index is 675. The van der Waals surface area contributed by atoms with E-state index in [4.69, 9.17) is 4.74 Å². The first-order valence-electron chi connectivity index (χ1n) is 6.46. The zero-order valence-electron chi connectivity index (χ0n) is 11.7. The number of ether oxygens (including phenoxy) is 1. The molecule has 2 heterocycles. The highest BCUT2D eigenvalue weighted by Crippen LogP contribution is 2.19. The minimum absolute atomic E-state index is 0.248. The molecule has 0 saturated carbocycles. The maximum Gasteiger partial charge on any atom is 0.330 e. The van der Waals surface area contributed by atoms with Gasteiger partial charge in [0.1, 0.15) is 6.10 Å². The van der Waals surface area contributed by atoms with Gasteiger partial charge in [-0.3, -0.25) is 19.1 Å². The Hall–Kier alpha value is -2.19. The van der Waals surface area contributed by atoms with Crippen molar-refractivity contribution in [3.63, 3.8) is 0 Å². The molecule has 0 spiro atoms. The average molecular weight is 295 g/mol. The van der Waals surface area contributed by atoms with E-state index in [0.717, 1.165) is 0 Å². The molecule has 1 amide bonds. The summed E-state index contributed by atoms with van der Waals surface area (Å²) in [7, 11) is 0. The minimum atomic E-state index is -0.754. The smallest absolute Gasteiger partial charge is 0.330 e. The maximum atomic E-state index is 11.8. The Morgan fingerprint density at radius 1 is 1.48 bits per heavy atom.